The van der Waals surface area contributed by atoms with Crippen LogP contribution in [0.25, 0.3) is 0 Å². The van der Waals surface area contributed by atoms with Gasteiger partial charge in [-0.15, -0.1) is 6.42 Å². The summed E-state index contributed by atoms with van der Waals surface area (Å²) in [5.41, 5.74) is 0.751. The molecule has 3 heteroatoms. The van der Waals surface area contributed by atoms with Gasteiger partial charge in [-0.05, 0) is 11.0 Å². The van der Waals surface area contributed by atoms with Crippen LogP contribution in [0.5, 0.6) is 0 Å². The zero-order valence-electron chi connectivity index (χ0n) is 11.1. The van der Waals surface area contributed by atoms with Crippen molar-refractivity contribution in [2.75, 3.05) is 0 Å². The molecule has 0 fully saturated rings. The van der Waals surface area contributed by atoms with Crippen LogP contribution in [-0.4, -0.2) is 12.1 Å². The summed E-state index contributed by atoms with van der Waals surface area (Å²) in [6, 6.07) is 9.16. The van der Waals surface area contributed by atoms with Gasteiger partial charge in [-0.2, -0.15) is 0 Å². The van der Waals surface area contributed by atoms with Crippen molar-refractivity contribution in [3.63, 3.8) is 0 Å². The highest BCUT2D eigenvalue weighted by Gasteiger charge is 2.24. The molecule has 1 amide bonds. The zero-order valence-corrected chi connectivity index (χ0v) is 11.1. The van der Waals surface area contributed by atoms with Crippen molar-refractivity contribution in [1.82, 2.24) is 5.32 Å². The molecule has 0 aliphatic heterocycles. The van der Waals surface area contributed by atoms with Gasteiger partial charge in [0, 0.05) is 0 Å². The fourth-order valence-electron chi connectivity index (χ4n) is 1.39. The molecule has 0 radical (unpaired) electrons. The van der Waals surface area contributed by atoms with E-state index in [1.54, 1.807) is 0 Å². The van der Waals surface area contributed by atoms with Crippen LogP contribution < -0.4 is 5.32 Å². The lowest BCUT2D eigenvalue weighted by molar-refractivity contribution is 0.131. The molecule has 1 atom stereocenters. The van der Waals surface area contributed by atoms with E-state index >= 15 is 0 Å². The highest BCUT2D eigenvalue weighted by Crippen LogP contribution is 2.18. The van der Waals surface area contributed by atoms with E-state index in [1.807, 2.05) is 51.1 Å². The Bertz CT molecular complexity index is 426. The molecule has 0 aliphatic carbocycles. The van der Waals surface area contributed by atoms with Crippen molar-refractivity contribution < 1.29 is 9.53 Å². The molecule has 96 valence electrons. The molecule has 0 aromatic heterocycles. The van der Waals surface area contributed by atoms with E-state index in [2.05, 4.69) is 11.2 Å². The Kier molecular flexibility index (Phi) is 4.79. The molecule has 0 aliphatic rings. The van der Waals surface area contributed by atoms with Crippen LogP contribution in [0.15, 0.2) is 30.3 Å². The van der Waals surface area contributed by atoms with Crippen molar-refractivity contribution in [3.8, 4) is 12.3 Å². The highest BCUT2D eigenvalue weighted by molar-refractivity contribution is 5.68. The quantitative estimate of drug-likeness (QED) is 0.831. The molecule has 0 bridgehead atoms. The summed E-state index contributed by atoms with van der Waals surface area (Å²) in [6.07, 6.45) is 4.91. The maximum atomic E-state index is 11.6. The summed E-state index contributed by atoms with van der Waals surface area (Å²) in [5.74, 6) is 2.56. The number of benzene rings is 1. The molecule has 1 aromatic rings. The summed E-state index contributed by atoms with van der Waals surface area (Å²) in [4.78, 5) is 11.6. The van der Waals surface area contributed by atoms with Crippen molar-refractivity contribution in [1.29, 1.82) is 0 Å². The monoisotopic (exact) mass is 245 g/mol. The van der Waals surface area contributed by atoms with Crippen LogP contribution in [0.1, 0.15) is 26.3 Å². The summed E-state index contributed by atoms with van der Waals surface area (Å²) < 4.78 is 5.11. The van der Waals surface area contributed by atoms with Crippen molar-refractivity contribution in [2.24, 2.45) is 5.41 Å². The number of ether oxygens (including phenoxy) is 1. The average Bonchev–Trinajstić information content (AvgIpc) is 2.33. The second-order valence-electron chi connectivity index (χ2n) is 5.17. The summed E-state index contributed by atoms with van der Waals surface area (Å²) >= 11 is 0. The first-order valence-corrected chi connectivity index (χ1v) is 5.87. The van der Waals surface area contributed by atoms with Gasteiger partial charge in [0.15, 0.2) is 0 Å². The molecule has 1 aromatic carbocycles. The predicted octanol–water partition coefficient (Wildman–Crippen LogP) is 2.96. The molecule has 0 saturated carbocycles. The second-order valence-corrected chi connectivity index (χ2v) is 5.17. The number of alkyl carbamates (subject to hydrolysis) is 1. The van der Waals surface area contributed by atoms with Crippen LogP contribution in [0.4, 0.5) is 4.79 Å². The molecular formula is C15H19NO2. The van der Waals surface area contributed by atoms with Crippen LogP contribution >= 0.6 is 0 Å². The third-order valence-electron chi connectivity index (χ3n) is 2.51. The number of hydrogen-bond acceptors (Lipinski definition) is 2. The Labute approximate surface area is 109 Å². The standard InChI is InChI=1S/C15H19NO2/c1-5-13(15(2,3)4)16-14(17)18-11-12-9-7-6-8-10-12/h1,6-10,13H,11H2,2-4H3,(H,16,17). The maximum Gasteiger partial charge on any atom is 0.408 e. The van der Waals surface area contributed by atoms with Crippen LogP contribution in [0.3, 0.4) is 0 Å². The molecular weight excluding hydrogens is 226 g/mol. The van der Waals surface area contributed by atoms with E-state index in [0.717, 1.165) is 5.56 Å². The van der Waals surface area contributed by atoms with Gasteiger partial charge in [0.25, 0.3) is 0 Å². The number of rotatable bonds is 3. The first kappa shape index (κ1) is 14.1. The van der Waals surface area contributed by atoms with Gasteiger partial charge in [0.1, 0.15) is 6.61 Å². The minimum absolute atomic E-state index is 0.194. The summed E-state index contributed by atoms with van der Waals surface area (Å²) in [6.45, 7) is 6.15. The van der Waals surface area contributed by atoms with E-state index in [1.165, 1.54) is 0 Å². The largest absolute Gasteiger partial charge is 0.445 e. The Morgan fingerprint density at radius 2 is 2.00 bits per heavy atom. The van der Waals surface area contributed by atoms with E-state index in [0.29, 0.717) is 0 Å². The van der Waals surface area contributed by atoms with Gasteiger partial charge < -0.3 is 10.1 Å². The Morgan fingerprint density at radius 3 is 2.50 bits per heavy atom. The van der Waals surface area contributed by atoms with E-state index in [9.17, 15) is 4.79 Å². The van der Waals surface area contributed by atoms with Gasteiger partial charge in [0.2, 0.25) is 0 Å². The lowest BCUT2D eigenvalue weighted by Crippen LogP contribution is -2.42. The molecule has 0 heterocycles. The number of nitrogens with one attached hydrogen (secondary N) is 1. The van der Waals surface area contributed by atoms with Crippen LogP contribution in [-0.2, 0) is 11.3 Å². The molecule has 1 rings (SSSR count). The third kappa shape index (κ3) is 4.50. The van der Waals surface area contributed by atoms with Gasteiger partial charge in [-0.25, -0.2) is 4.79 Å². The van der Waals surface area contributed by atoms with Crippen molar-refractivity contribution >= 4 is 6.09 Å². The van der Waals surface area contributed by atoms with E-state index in [4.69, 9.17) is 11.2 Å². The predicted molar refractivity (Wildman–Crippen MR) is 71.8 cm³/mol. The number of carbonyl (C=O) groups is 1. The normalized spacial score (nSPS) is 12.3. The SMILES string of the molecule is C#CC(NC(=O)OCc1ccccc1)C(C)(C)C. The molecule has 0 saturated heterocycles. The summed E-state index contributed by atoms with van der Waals surface area (Å²) in [5, 5.41) is 2.68. The zero-order chi connectivity index (χ0) is 13.6. The van der Waals surface area contributed by atoms with Crippen LogP contribution in [0, 0.1) is 17.8 Å². The molecule has 1 unspecified atom stereocenters. The van der Waals surface area contributed by atoms with Crippen LogP contribution in [0.2, 0.25) is 0 Å². The average molecular weight is 245 g/mol. The van der Waals surface area contributed by atoms with Crippen molar-refractivity contribution in [2.45, 2.75) is 33.4 Å². The lowest BCUT2D eigenvalue weighted by Gasteiger charge is -2.26. The van der Waals surface area contributed by atoms with Gasteiger partial charge in [-0.1, -0.05) is 57.0 Å². The Morgan fingerprint density at radius 1 is 1.39 bits per heavy atom. The second kappa shape index (κ2) is 6.11. The number of terminal acetylenes is 1. The minimum atomic E-state index is -0.489. The van der Waals surface area contributed by atoms with E-state index < -0.39 is 6.09 Å². The molecule has 0 spiro atoms. The Hall–Kier alpha value is -1.95. The first-order chi connectivity index (χ1) is 8.43. The fourth-order valence-corrected chi connectivity index (χ4v) is 1.39. The van der Waals surface area contributed by atoms with Crippen molar-refractivity contribution in [3.05, 3.63) is 35.9 Å². The topological polar surface area (TPSA) is 38.3 Å². The van der Waals surface area contributed by atoms with Gasteiger partial charge in [0.05, 0.1) is 6.04 Å². The Balaban J connectivity index is 2.45. The maximum absolute atomic E-state index is 11.6. The van der Waals surface area contributed by atoms with E-state index in [-0.39, 0.29) is 18.1 Å². The first-order valence-electron chi connectivity index (χ1n) is 5.87. The lowest BCUT2D eigenvalue weighted by atomic mass is 9.87. The molecule has 3 nitrogen and oxygen atoms in total. The third-order valence-corrected chi connectivity index (χ3v) is 2.51. The fraction of sp³-hybridized carbons (Fsp3) is 0.400. The number of amides is 1. The summed E-state index contributed by atoms with van der Waals surface area (Å²) in [7, 11) is 0. The molecule has 1 N–H and O–H groups in total. The number of carbonyl (C=O) groups excluding carboxylic acids is 1. The smallest absolute Gasteiger partial charge is 0.408 e. The number of hydrogen-bond donors (Lipinski definition) is 1. The van der Waals surface area contributed by atoms with Gasteiger partial charge in [-0.3, -0.25) is 0 Å². The highest BCUT2D eigenvalue weighted by atomic mass is 16.5. The minimum Gasteiger partial charge on any atom is -0.445 e. The molecule has 18 heavy (non-hydrogen) atoms. The van der Waals surface area contributed by atoms with Gasteiger partial charge >= 0.3 is 6.09 Å².